The fourth-order valence-corrected chi connectivity index (χ4v) is 4.55. The van der Waals surface area contributed by atoms with Gasteiger partial charge in [-0.1, -0.05) is 17.3 Å². The minimum Gasteiger partial charge on any atom is -0.339 e. The van der Waals surface area contributed by atoms with E-state index < -0.39 is 0 Å². The van der Waals surface area contributed by atoms with E-state index in [9.17, 15) is 4.79 Å². The molecule has 1 saturated heterocycles. The van der Waals surface area contributed by atoms with E-state index in [-0.39, 0.29) is 11.8 Å². The Morgan fingerprint density at radius 1 is 1.24 bits per heavy atom. The second kappa shape index (κ2) is 7.67. The Hall–Kier alpha value is -3.20. The van der Waals surface area contributed by atoms with Gasteiger partial charge in [-0.05, 0) is 30.9 Å². The molecule has 0 aliphatic carbocycles. The van der Waals surface area contributed by atoms with E-state index in [0.717, 1.165) is 29.6 Å². The van der Waals surface area contributed by atoms with E-state index in [1.807, 2.05) is 29.2 Å². The van der Waals surface area contributed by atoms with Crippen LogP contribution in [0.2, 0.25) is 0 Å². The maximum atomic E-state index is 13.0. The van der Waals surface area contributed by atoms with Gasteiger partial charge in [-0.2, -0.15) is 4.98 Å². The molecule has 146 valence electrons. The van der Waals surface area contributed by atoms with E-state index in [4.69, 9.17) is 4.52 Å². The summed E-state index contributed by atoms with van der Waals surface area (Å²) in [6, 6.07) is 7.83. The number of para-hydroxylation sites is 1. The summed E-state index contributed by atoms with van der Waals surface area (Å²) in [5, 5.41) is 4.55. The second-order valence-electron chi connectivity index (χ2n) is 7.05. The third kappa shape index (κ3) is 3.73. The van der Waals surface area contributed by atoms with Crippen molar-refractivity contribution in [3.05, 3.63) is 53.8 Å². The number of thiazole rings is 1. The van der Waals surface area contributed by atoms with Crippen molar-refractivity contribution in [2.75, 3.05) is 13.1 Å². The van der Waals surface area contributed by atoms with Gasteiger partial charge in [0.1, 0.15) is 5.69 Å². The van der Waals surface area contributed by atoms with Crippen LogP contribution in [0.5, 0.6) is 0 Å². The van der Waals surface area contributed by atoms with Crippen LogP contribution in [-0.2, 0) is 6.42 Å². The molecule has 0 spiro atoms. The maximum Gasteiger partial charge on any atom is 0.282 e. The van der Waals surface area contributed by atoms with Crippen molar-refractivity contribution in [1.82, 2.24) is 30.0 Å². The Labute approximate surface area is 170 Å². The predicted octanol–water partition coefficient (Wildman–Crippen LogP) is 3.23. The van der Waals surface area contributed by atoms with Crippen molar-refractivity contribution < 1.29 is 9.32 Å². The molecule has 9 heteroatoms. The second-order valence-corrected chi connectivity index (χ2v) is 8.08. The number of rotatable bonds is 4. The molecule has 29 heavy (non-hydrogen) atoms. The monoisotopic (exact) mass is 406 g/mol. The van der Waals surface area contributed by atoms with Crippen LogP contribution in [-0.4, -0.2) is 49.0 Å². The molecule has 5 rings (SSSR count). The Morgan fingerprint density at radius 3 is 3.03 bits per heavy atom. The van der Waals surface area contributed by atoms with Gasteiger partial charge in [-0.15, -0.1) is 11.3 Å². The molecule has 1 amide bonds. The topological polar surface area (TPSA) is 97.9 Å². The lowest BCUT2D eigenvalue weighted by atomic mass is 9.94. The van der Waals surface area contributed by atoms with Gasteiger partial charge in [-0.25, -0.2) is 9.97 Å². The van der Waals surface area contributed by atoms with Gasteiger partial charge in [0.15, 0.2) is 5.01 Å². The van der Waals surface area contributed by atoms with Gasteiger partial charge < -0.3 is 9.42 Å². The molecule has 8 nitrogen and oxygen atoms in total. The highest BCUT2D eigenvalue weighted by Crippen LogP contribution is 2.26. The van der Waals surface area contributed by atoms with Crippen LogP contribution < -0.4 is 0 Å². The van der Waals surface area contributed by atoms with E-state index in [0.29, 0.717) is 35.4 Å². The standard InChI is InChI=1S/C20H18N6O2S/c27-20(19-23-14-5-1-2-6-16(14)29-19)26-9-3-4-13(12-26)10-17-24-18(25-28-17)15-11-21-7-8-22-15/h1-2,5-8,11,13H,3-4,9-10,12H2/t13-/m0/s1. The number of hydrogen-bond donors (Lipinski definition) is 0. The van der Waals surface area contributed by atoms with Crippen LogP contribution in [0.25, 0.3) is 21.7 Å². The molecule has 0 saturated carbocycles. The summed E-state index contributed by atoms with van der Waals surface area (Å²) >= 11 is 1.45. The average molecular weight is 406 g/mol. The highest BCUT2D eigenvalue weighted by molar-refractivity contribution is 7.20. The molecule has 4 aromatic rings. The Morgan fingerprint density at radius 2 is 2.17 bits per heavy atom. The van der Waals surface area contributed by atoms with Crippen LogP contribution in [0.3, 0.4) is 0 Å². The van der Waals surface area contributed by atoms with E-state index >= 15 is 0 Å². The quantitative estimate of drug-likeness (QED) is 0.513. The first-order valence-corrected chi connectivity index (χ1v) is 10.3. The first-order chi connectivity index (χ1) is 14.3. The average Bonchev–Trinajstić information content (AvgIpc) is 3.41. The van der Waals surface area contributed by atoms with E-state index in [1.165, 1.54) is 11.3 Å². The van der Waals surface area contributed by atoms with Crippen LogP contribution >= 0.6 is 11.3 Å². The van der Waals surface area contributed by atoms with Crippen molar-refractivity contribution in [3.63, 3.8) is 0 Å². The van der Waals surface area contributed by atoms with E-state index in [2.05, 4.69) is 25.1 Å². The number of piperidine rings is 1. The highest BCUT2D eigenvalue weighted by Gasteiger charge is 2.28. The summed E-state index contributed by atoms with van der Waals surface area (Å²) in [5.41, 5.74) is 1.45. The zero-order valence-corrected chi connectivity index (χ0v) is 16.4. The third-order valence-electron chi connectivity index (χ3n) is 5.01. The highest BCUT2D eigenvalue weighted by atomic mass is 32.1. The van der Waals surface area contributed by atoms with E-state index in [1.54, 1.807) is 18.6 Å². The molecule has 0 unspecified atom stereocenters. The van der Waals surface area contributed by atoms with Gasteiger partial charge in [-0.3, -0.25) is 9.78 Å². The van der Waals surface area contributed by atoms with Gasteiger partial charge in [0.05, 0.1) is 16.4 Å². The molecule has 1 aliphatic heterocycles. The molecule has 1 fully saturated rings. The largest absolute Gasteiger partial charge is 0.339 e. The summed E-state index contributed by atoms with van der Waals surface area (Å²) in [6.45, 7) is 1.41. The number of fused-ring (bicyclic) bond motifs is 1. The molecule has 4 heterocycles. The number of benzene rings is 1. The van der Waals surface area contributed by atoms with Crippen molar-refractivity contribution in [1.29, 1.82) is 0 Å². The van der Waals surface area contributed by atoms with Crippen LogP contribution in [0.4, 0.5) is 0 Å². The summed E-state index contributed by atoms with van der Waals surface area (Å²) < 4.78 is 6.43. The lowest BCUT2D eigenvalue weighted by Gasteiger charge is -2.31. The summed E-state index contributed by atoms with van der Waals surface area (Å²) in [4.78, 5) is 32.0. The number of amides is 1. The van der Waals surface area contributed by atoms with Gasteiger partial charge in [0.2, 0.25) is 11.7 Å². The molecular formula is C20H18N6O2S. The maximum absolute atomic E-state index is 13.0. The fraction of sp³-hybridized carbons (Fsp3) is 0.300. The molecule has 1 atom stereocenters. The van der Waals surface area contributed by atoms with Crippen molar-refractivity contribution in [2.24, 2.45) is 5.92 Å². The normalized spacial score (nSPS) is 17.0. The zero-order valence-electron chi connectivity index (χ0n) is 15.6. The van der Waals surface area contributed by atoms with Gasteiger partial charge in [0.25, 0.3) is 5.91 Å². The number of carbonyl (C=O) groups is 1. The number of likely N-dealkylation sites (tertiary alicyclic amines) is 1. The lowest BCUT2D eigenvalue weighted by molar-refractivity contribution is 0.0668. The zero-order chi connectivity index (χ0) is 19.6. The third-order valence-corrected chi connectivity index (χ3v) is 6.03. The first-order valence-electron chi connectivity index (χ1n) is 9.50. The van der Waals surface area contributed by atoms with Crippen LogP contribution in [0.15, 0.2) is 47.4 Å². The van der Waals surface area contributed by atoms with Crippen molar-refractivity contribution in [3.8, 4) is 11.5 Å². The first kappa shape index (κ1) is 17.9. The number of aromatic nitrogens is 5. The molecule has 1 aliphatic rings. The molecule has 1 aromatic carbocycles. The van der Waals surface area contributed by atoms with Crippen LogP contribution in [0, 0.1) is 5.92 Å². The van der Waals surface area contributed by atoms with Crippen molar-refractivity contribution in [2.45, 2.75) is 19.3 Å². The SMILES string of the molecule is O=C(c1nc2ccccc2s1)N1CCC[C@@H](Cc2nc(-c3cnccn3)no2)C1. The van der Waals surface area contributed by atoms with Gasteiger partial charge >= 0.3 is 0 Å². The number of carbonyl (C=O) groups excluding carboxylic acids is 1. The van der Waals surface area contributed by atoms with Crippen molar-refractivity contribution >= 4 is 27.5 Å². The molecule has 0 bridgehead atoms. The molecular weight excluding hydrogens is 388 g/mol. The predicted molar refractivity (Wildman–Crippen MR) is 107 cm³/mol. The molecule has 3 aromatic heterocycles. The Balaban J connectivity index is 1.27. The smallest absolute Gasteiger partial charge is 0.282 e. The minimum absolute atomic E-state index is 0.00155. The summed E-state index contributed by atoms with van der Waals surface area (Å²) in [5.74, 6) is 1.27. The number of nitrogens with zero attached hydrogens (tertiary/aromatic N) is 6. The summed E-state index contributed by atoms with van der Waals surface area (Å²) in [6.07, 6.45) is 7.41. The Bertz CT molecular complexity index is 1110. The molecule has 0 N–H and O–H groups in total. The minimum atomic E-state index is 0.00155. The van der Waals surface area contributed by atoms with Gasteiger partial charge in [0, 0.05) is 31.9 Å². The lowest BCUT2D eigenvalue weighted by Crippen LogP contribution is -2.40. The Kier molecular flexibility index (Phi) is 4.73. The summed E-state index contributed by atoms with van der Waals surface area (Å²) in [7, 11) is 0. The van der Waals surface area contributed by atoms with Crippen LogP contribution in [0.1, 0.15) is 28.5 Å². The fourth-order valence-electron chi connectivity index (χ4n) is 3.62. The number of hydrogen-bond acceptors (Lipinski definition) is 8. The molecule has 0 radical (unpaired) electrons.